The van der Waals surface area contributed by atoms with Gasteiger partial charge in [-0.1, -0.05) is 26.7 Å². The zero-order valence-electron chi connectivity index (χ0n) is 8.56. The second-order valence-electron chi connectivity index (χ2n) is 3.84. The molecule has 0 aromatic heterocycles. The van der Waals surface area contributed by atoms with Crippen LogP contribution >= 0.6 is 0 Å². The zero-order valence-corrected chi connectivity index (χ0v) is 8.56. The predicted octanol–water partition coefficient (Wildman–Crippen LogP) is 2.76. The number of rotatable bonds is 6. The van der Waals surface area contributed by atoms with Crippen molar-refractivity contribution in [3.8, 4) is 0 Å². The van der Waals surface area contributed by atoms with Gasteiger partial charge in [-0.3, -0.25) is 0 Å². The highest BCUT2D eigenvalue weighted by atomic mass is 15.0. The van der Waals surface area contributed by atoms with Gasteiger partial charge >= 0.3 is 0 Å². The molecule has 0 amide bonds. The third-order valence-electron chi connectivity index (χ3n) is 2.08. The van der Waals surface area contributed by atoms with E-state index in [1.165, 1.54) is 32.2 Å². The Bertz CT molecular complexity index is 78.9. The van der Waals surface area contributed by atoms with E-state index in [9.17, 15) is 0 Å². The summed E-state index contributed by atoms with van der Waals surface area (Å²) in [7, 11) is 4.29. The van der Waals surface area contributed by atoms with Crippen molar-refractivity contribution in [1.82, 2.24) is 4.90 Å². The van der Waals surface area contributed by atoms with Crippen LogP contribution < -0.4 is 0 Å². The molecule has 1 nitrogen and oxygen atoms in total. The molecule has 68 valence electrons. The normalized spacial score (nSPS) is 13.9. The van der Waals surface area contributed by atoms with Gasteiger partial charge in [-0.25, -0.2) is 0 Å². The molecule has 0 radical (unpaired) electrons. The topological polar surface area (TPSA) is 3.24 Å². The molecule has 0 rings (SSSR count). The van der Waals surface area contributed by atoms with E-state index < -0.39 is 0 Å². The van der Waals surface area contributed by atoms with E-state index in [0.717, 1.165) is 5.92 Å². The van der Waals surface area contributed by atoms with Crippen molar-refractivity contribution >= 4 is 0 Å². The van der Waals surface area contributed by atoms with E-state index in [1.54, 1.807) is 0 Å². The molecule has 0 aromatic carbocycles. The second kappa shape index (κ2) is 6.66. The van der Waals surface area contributed by atoms with Crippen molar-refractivity contribution < 1.29 is 0 Å². The Kier molecular flexibility index (Phi) is 6.63. The van der Waals surface area contributed by atoms with Gasteiger partial charge in [0.1, 0.15) is 0 Å². The first-order valence-electron chi connectivity index (χ1n) is 4.81. The lowest BCUT2D eigenvalue weighted by Crippen LogP contribution is -2.13. The number of hydrogen-bond acceptors (Lipinski definition) is 1. The lowest BCUT2D eigenvalue weighted by molar-refractivity contribution is 0.365. The van der Waals surface area contributed by atoms with E-state index in [1.807, 2.05) is 0 Å². The summed E-state index contributed by atoms with van der Waals surface area (Å²) in [5.74, 6) is 0.931. The van der Waals surface area contributed by atoms with Gasteiger partial charge in [0.15, 0.2) is 0 Å². The van der Waals surface area contributed by atoms with Crippen LogP contribution in [0.3, 0.4) is 0 Å². The molecule has 0 heterocycles. The molecule has 0 N–H and O–H groups in total. The third kappa shape index (κ3) is 7.86. The summed E-state index contributed by atoms with van der Waals surface area (Å²) in [4.78, 5) is 2.26. The maximum Gasteiger partial charge on any atom is -0.00247 e. The first-order valence-corrected chi connectivity index (χ1v) is 4.81. The number of hydrogen-bond donors (Lipinski definition) is 0. The molecule has 1 unspecified atom stereocenters. The molecule has 0 bridgehead atoms. The molecule has 0 aliphatic rings. The van der Waals surface area contributed by atoms with E-state index in [0.29, 0.717) is 0 Å². The smallest absolute Gasteiger partial charge is 0.00247 e. The van der Waals surface area contributed by atoms with Crippen LogP contribution in [0.4, 0.5) is 0 Å². The Hall–Kier alpha value is -0.0400. The van der Waals surface area contributed by atoms with Gasteiger partial charge in [-0.2, -0.15) is 0 Å². The highest BCUT2D eigenvalue weighted by molar-refractivity contribution is 4.53. The van der Waals surface area contributed by atoms with Crippen LogP contribution in [-0.2, 0) is 0 Å². The lowest BCUT2D eigenvalue weighted by Gasteiger charge is -2.12. The van der Waals surface area contributed by atoms with E-state index >= 15 is 0 Å². The van der Waals surface area contributed by atoms with Crippen molar-refractivity contribution in [3.63, 3.8) is 0 Å². The molecule has 0 saturated heterocycles. The van der Waals surface area contributed by atoms with E-state index in [-0.39, 0.29) is 0 Å². The Labute approximate surface area is 71.8 Å². The molecule has 0 aliphatic heterocycles. The highest BCUT2D eigenvalue weighted by Crippen LogP contribution is 2.11. The van der Waals surface area contributed by atoms with Gasteiger partial charge in [-0.05, 0) is 39.4 Å². The molecule has 0 saturated carbocycles. The summed E-state index contributed by atoms with van der Waals surface area (Å²) in [5.41, 5.74) is 0. The average molecular weight is 157 g/mol. The summed E-state index contributed by atoms with van der Waals surface area (Å²) in [6, 6.07) is 0. The van der Waals surface area contributed by atoms with Crippen molar-refractivity contribution in [2.75, 3.05) is 20.6 Å². The van der Waals surface area contributed by atoms with Crippen molar-refractivity contribution in [2.24, 2.45) is 5.92 Å². The van der Waals surface area contributed by atoms with Crippen molar-refractivity contribution in [1.29, 1.82) is 0 Å². The molecule has 11 heavy (non-hydrogen) atoms. The average Bonchev–Trinajstić information content (AvgIpc) is 1.87. The summed E-state index contributed by atoms with van der Waals surface area (Å²) < 4.78 is 0. The minimum atomic E-state index is 0.931. The number of nitrogens with zero attached hydrogens (tertiary/aromatic N) is 1. The maximum atomic E-state index is 2.36. The zero-order chi connectivity index (χ0) is 8.69. The molecule has 0 spiro atoms. The van der Waals surface area contributed by atoms with Crippen molar-refractivity contribution in [2.45, 2.75) is 39.5 Å². The van der Waals surface area contributed by atoms with Crippen LogP contribution in [0.25, 0.3) is 0 Å². The van der Waals surface area contributed by atoms with Crippen LogP contribution in [0.5, 0.6) is 0 Å². The van der Waals surface area contributed by atoms with E-state index in [2.05, 4.69) is 32.8 Å². The molecule has 1 atom stereocenters. The van der Waals surface area contributed by atoms with Gasteiger partial charge < -0.3 is 4.90 Å². The minimum Gasteiger partial charge on any atom is -0.309 e. The lowest BCUT2D eigenvalue weighted by atomic mass is 10.0. The van der Waals surface area contributed by atoms with Crippen LogP contribution in [0.15, 0.2) is 0 Å². The van der Waals surface area contributed by atoms with Gasteiger partial charge in [0.25, 0.3) is 0 Å². The quantitative estimate of drug-likeness (QED) is 0.573. The standard InChI is InChI=1S/C10H23N/c1-5-7-10(2)8-6-9-11(3)4/h10H,5-9H2,1-4H3. The first-order chi connectivity index (χ1) is 5.16. The van der Waals surface area contributed by atoms with Crippen LogP contribution in [0.2, 0.25) is 0 Å². The molecular weight excluding hydrogens is 134 g/mol. The first kappa shape index (κ1) is 11.0. The van der Waals surface area contributed by atoms with Gasteiger partial charge in [0.05, 0.1) is 0 Å². The summed E-state index contributed by atoms with van der Waals surface area (Å²) >= 11 is 0. The third-order valence-corrected chi connectivity index (χ3v) is 2.08. The Balaban J connectivity index is 3.10. The second-order valence-corrected chi connectivity index (χ2v) is 3.84. The van der Waals surface area contributed by atoms with Gasteiger partial charge in [-0.15, -0.1) is 0 Å². The fraction of sp³-hybridized carbons (Fsp3) is 1.00. The molecule has 1 heteroatoms. The van der Waals surface area contributed by atoms with Crippen LogP contribution in [0, 0.1) is 5.92 Å². The van der Waals surface area contributed by atoms with Gasteiger partial charge in [0.2, 0.25) is 0 Å². The van der Waals surface area contributed by atoms with Crippen molar-refractivity contribution in [3.05, 3.63) is 0 Å². The van der Waals surface area contributed by atoms with Gasteiger partial charge in [0, 0.05) is 0 Å². The highest BCUT2D eigenvalue weighted by Gasteiger charge is 1.99. The maximum absolute atomic E-state index is 2.36. The molecule has 0 aliphatic carbocycles. The summed E-state index contributed by atoms with van der Waals surface area (Å²) in [6.07, 6.45) is 5.48. The Morgan fingerprint density at radius 1 is 1.18 bits per heavy atom. The summed E-state index contributed by atoms with van der Waals surface area (Å²) in [6.45, 7) is 5.87. The fourth-order valence-corrected chi connectivity index (χ4v) is 1.39. The predicted molar refractivity (Wildman–Crippen MR) is 51.9 cm³/mol. The fourth-order valence-electron chi connectivity index (χ4n) is 1.39. The van der Waals surface area contributed by atoms with Crippen LogP contribution in [-0.4, -0.2) is 25.5 Å². The molecule has 0 aromatic rings. The molecule has 0 fully saturated rings. The summed E-state index contributed by atoms with van der Waals surface area (Å²) in [5, 5.41) is 0. The minimum absolute atomic E-state index is 0.931. The Morgan fingerprint density at radius 2 is 1.82 bits per heavy atom. The van der Waals surface area contributed by atoms with Crippen LogP contribution in [0.1, 0.15) is 39.5 Å². The SMILES string of the molecule is CCCC(C)CCCN(C)C. The monoisotopic (exact) mass is 157 g/mol. The largest absolute Gasteiger partial charge is 0.309 e. The molecular formula is C10H23N. The van der Waals surface area contributed by atoms with E-state index in [4.69, 9.17) is 0 Å². The Morgan fingerprint density at radius 3 is 2.27 bits per heavy atom.